The Morgan fingerprint density at radius 3 is 2.54 bits per heavy atom. The Morgan fingerprint density at radius 2 is 1.81 bits per heavy atom. The van der Waals surface area contributed by atoms with E-state index in [1.807, 2.05) is 12.3 Å². The van der Waals surface area contributed by atoms with Crippen molar-refractivity contribution in [3.8, 4) is 0 Å². The average molecular weight is 523 g/mol. The highest BCUT2D eigenvalue weighted by molar-refractivity contribution is 6.32. The van der Waals surface area contributed by atoms with Gasteiger partial charge in [-0.25, -0.2) is 18.7 Å². The fourth-order valence-corrected chi connectivity index (χ4v) is 5.63. The number of piperidine rings is 1. The fourth-order valence-electron chi connectivity index (χ4n) is 5.30. The monoisotopic (exact) mass is 522 g/mol. The maximum Gasteiger partial charge on any atom is 0.227 e. The molecule has 0 bridgehead atoms. The zero-order valence-corrected chi connectivity index (χ0v) is 21.5. The summed E-state index contributed by atoms with van der Waals surface area (Å²) in [5, 5.41) is 9.46. The molecule has 2 fully saturated rings. The Kier molecular flexibility index (Phi) is 6.55. The van der Waals surface area contributed by atoms with Gasteiger partial charge in [-0.05, 0) is 87.9 Å². The lowest BCUT2D eigenvalue weighted by Crippen LogP contribution is -2.34. The van der Waals surface area contributed by atoms with Crippen LogP contribution in [0.3, 0.4) is 0 Å². The van der Waals surface area contributed by atoms with E-state index >= 15 is 0 Å². The number of halogens is 3. The highest BCUT2D eigenvalue weighted by atomic mass is 35.5. The normalized spacial score (nSPS) is 17.0. The lowest BCUT2D eigenvalue weighted by atomic mass is 9.88. The zero-order valence-electron chi connectivity index (χ0n) is 20.7. The fraction of sp³-hybridized carbons (Fsp3) is 0.393. The number of nitrogens with zero attached hydrogens (tertiary/aromatic N) is 5. The molecule has 0 atom stereocenters. The van der Waals surface area contributed by atoms with Gasteiger partial charge in [-0.3, -0.25) is 4.68 Å². The smallest absolute Gasteiger partial charge is 0.227 e. The summed E-state index contributed by atoms with van der Waals surface area (Å²) in [5.74, 6) is -0.0978. The van der Waals surface area contributed by atoms with Gasteiger partial charge >= 0.3 is 0 Å². The standard InChI is InChI=1S/C28H29ClF2N6/c1-17-27(16-33-37(17)20-5-6-20)35-28-32-15-19-13-23(29)22(14-26(19)34-28)18-7-10-36(11-8-18)12-9-21-24(30)3-2-4-25(21)31/h2-4,13-16,18,20H,5-12H2,1H3,(H,32,34,35). The van der Waals surface area contributed by atoms with Crippen LogP contribution >= 0.6 is 11.6 Å². The van der Waals surface area contributed by atoms with Gasteiger partial charge < -0.3 is 10.2 Å². The maximum absolute atomic E-state index is 14.0. The van der Waals surface area contributed by atoms with Crippen molar-refractivity contribution in [2.24, 2.45) is 0 Å². The van der Waals surface area contributed by atoms with Gasteiger partial charge in [-0.15, -0.1) is 0 Å². The third kappa shape index (κ3) is 5.05. The Hall–Kier alpha value is -3.10. The van der Waals surface area contributed by atoms with Crippen LogP contribution in [0.2, 0.25) is 5.02 Å². The molecule has 37 heavy (non-hydrogen) atoms. The molecular formula is C28H29ClF2N6. The van der Waals surface area contributed by atoms with Crippen LogP contribution in [-0.2, 0) is 6.42 Å². The van der Waals surface area contributed by atoms with Gasteiger partial charge in [0.25, 0.3) is 0 Å². The van der Waals surface area contributed by atoms with E-state index in [2.05, 4.69) is 38.0 Å². The van der Waals surface area contributed by atoms with Crippen molar-refractivity contribution in [3.05, 3.63) is 76.2 Å². The minimum absolute atomic E-state index is 0.168. The van der Waals surface area contributed by atoms with E-state index in [4.69, 9.17) is 16.6 Å². The predicted octanol–water partition coefficient (Wildman–Crippen LogP) is 6.57. The molecule has 1 aliphatic heterocycles. The summed E-state index contributed by atoms with van der Waals surface area (Å²) >= 11 is 6.70. The number of anilines is 2. The highest BCUT2D eigenvalue weighted by Gasteiger charge is 2.27. The summed E-state index contributed by atoms with van der Waals surface area (Å²) in [6, 6.07) is 8.59. The molecule has 9 heteroatoms. The van der Waals surface area contributed by atoms with Crippen LogP contribution in [-0.4, -0.2) is 44.3 Å². The number of hydrogen-bond acceptors (Lipinski definition) is 5. The molecule has 1 aliphatic carbocycles. The first-order valence-corrected chi connectivity index (χ1v) is 13.3. The molecule has 1 saturated carbocycles. The van der Waals surface area contributed by atoms with E-state index < -0.39 is 11.6 Å². The molecule has 0 spiro atoms. The van der Waals surface area contributed by atoms with E-state index in [0.717, 1.165) is 58.8 Å². The molecule has 1 saturated heterocycles. The predicted molar refractivity (Wildman–Crippen MR) is 142 cm³/mol. The van der Waals surface area contributed by atoms with E-state index in [0.29, 0.717) is 30.9 Å². The first-order valence-electron chi connectivity index (χ1n) is 12.9. The zero-order chi connectivity index (χ0) is 25.5. The van der Waals surface area contributed by atoms with Gasteiger partial charge in [0.05, 0.1) is 29.1 Å². The molecule has 2 aromatic heterocycles. The number of hydrogen-bond donors (Lipinski definition) is 1. The number of likely N-dealkylation sites (tertiary alicyclic amines) is 1. The molecule has 4 aromatic rings. The SMILES string of the molecule is Cc1c(Nc2ncc3cc(Cl)c(C4CCN(CCc5c(F)cccc5F)CC4)cc3n2)cnn1C1CC1. The van der Waals surface area contributed by atoms with E-state index in [9.17, 15) is 8.78 Å². The number of fused-ring (bicyclic) bond motifs is 1. The van der Waals surface area contributed by atoms with Crippen LogP contribution in [0.1, 0.15) is 54.5 Å². The minimum Gasteiger partial charge on any atom is -0.321 e. The summed E-state index contributed by atoms with van der Waals surface area (Å²) < 4.78 is 30.0. The Morgan fingerprint density at radius 1 is 1.05 bits per heavy atom. The van der Waals surface area contributed by atoms with Crippen LogP contribution in [0, 0.1) is 18.6 Å². The number of nitrogens with one attached hydrogen (secondary N) is 1. The Balaban J connectivity index is 1.13. The second-order valence-electron chi connectivity index (χ2n) is 10.1. The second-order valence-corrected chi connectivity index (χ2v) is 10.5. The van der Waals surface area contributed by atoms with Gasteiger partial charge in [0.2, 0.25) is 5.95 Å². The minimum atomic E-state index is -0.472. The molecule has 3 heterocycles. The molecule has 6 nitrogen and oxygen atoms in total. The number of rotatable bonds is 7. The van der Waals surface area contributed by atoms with Crippen LogP contribution < -0.4 is 5.32 Å². The number of benzene rings is 2. The van der Waals surface area contributed by atoms with E-state index in [1.54, 1.807) is 6.20 Å². The van der Waals surface area contributed by atoms with Crippen LogP contribution in [0.15, 0.2) is 42.7 Å². The molecule has 0 amide bonds. The van der Waals surface area contributed by atoms with Crippen LogP contribution in [0.4, 0.5) is 20.4 Å². The van der Waals surface area contributed by atoms with Crippen molar-refractivity contribution in [1.82, 2.24) is 24.6 Å². The maximum atomic E-state index is 14.0. The molecule has 2 aromatic carbocycles. The van der Waals surface area contributed by atoms with Crippen molar-refractivity contribution in [2.45, 2.75) is 51.0 Å². The first kappa shape index (κ1) is 24.2. The summed E-state index contributed by atoms with van der Waals surface area (Å²) in [7, 11) is 0. The lowest BCUT2D eigenvalue weighted by Gasteiger charge is -2.32. The number of aromatic nitrogens is 4. The topological polar surface area (TPSA) is 58.9 Å². The second kappa shape index (κ2) is 9.99. The molecule has 6 rings (SSSR count). The molecular weight excluding hydrogens is 494 g/mol. The van der Waals surface area contributed by atoms with Crippen molar-refractivity contribution in [2.75, 3.05) is 25.0 Å². The molecule has 192 valence electrons. The molecule has 2 aliphatic rings. The summed E-state index contributed by atoms with van der Waals surface area (Å²) in [6.07, 6.45) is 8.23. The average Bonchev–Trinajstić information content (AvgIpc) is 3.67. The van der Waals surface area contributed by atoms with Crippen LogP contribution in [0.25, 0.3) is 10.9 Å². The van der Waals surface area contributed by atoms with Crippen LogP contribution in [0.5, 0.6) is 0 Å². The summed E-state index contributed by atoms with van der Waals surface area (Å²) in [5.41, 5.74) is 4.12. The summed E-state index contributed by atoms with van der Waals surface area (Å²) in [6.45, 7) is 4.41. The Bertz CT molecular complexity index is 1420. The third-order valence-electron chi connectivity index (χ3n) is 7.65. The molecule has 1 N–H and O–H groups in total. The van der Waals surface area contributed by atoms with Gasteiger partial charge in [-0.2, -0.15) is 5.10 Å². The van der Waals surface area contributed by atoms with E-state index in [1.165, 1.54) is 31.0 Å². The van der Waals surface area contributed by atoms with Gasteiger partial charge in [0.15, 0.2) is 0 Å². The first-order chi connectivity index (χ1) is 18.0. The third-order valence-corrected chi connectivity index (χ3v) is 7.98. The quantitative estimate of drug-likeness (QED) is 0.297. The molecule has 0 unspecified atom stereocenters. The van der Waals surface area contributed by atoms with Crippen molar-refractivity contribution in [1.29, 1.82) is 0 Å². The van der Waals surface area contributed by atoms with Gasteiger partial charge in [-0.1, -0.05) is 17.7 Å². The largest absolute Gasteiger partial charge is 0.321 e. The van der Waals surface area contributed by atoms with E-state index in [-0.39, 0.29) is 5.56 Å². The van der Waals surface area contributed by atoms with Crippen molar-refractivity contribution in [3.63, 3.8) is 0 Å². The van der Waals surface area contributed by atoms with Gasteiger partial charge in [0.1, 0.15) is 11.6 Å². The molecule has 0 radical (unpaired) electrons. The Labute approximate surface area is 219 Å². The van der Waals surface area contributed by atoms with Crippen molar-refractivity contribution >= 4 is 34.1 Å². The summed E-state index contributed by atoms with van der Waals surface area (Å²) in [4.78, 5) is 11.5. The highest BCUT2D eigenvalue weighted by Crippen LogP contribution is 2.37. The lowest BCUT2D eigenvalue weighted by molar-refractivity contribution is 0.213. The van der Waals surface area contributed by atoms with Crippen molar-refractivity contribution < 1.29 is 8.78 Å². The van der Waals surface area contributed by atoms with Gasteiger partial charge in [0, 0.05) is 28.7 Å².